The van der Waals surface area contributed by atoms with Crippen molar-refractivity contribution in [3.05, 3.63) is 53.2 Å². The number of carbonyl (C=O) groups excluding carboxylic acids is 2. The SMILES string of the molecule is O=C1[N]C=Cc2cc(N3CCCC3=O)nc(Nc3ccc(C4CCN(C5CC5)CC4)cc3)c21. The van der Waals surface area contributed by atoms with E-state index in [2.05, 4.69) is 44.8 Å². The number of amides is 2. The highest BCUT2D eigenvalue weighted by atomic mass is 16.2. The lowest BCUT2D eigenvalue weighted by Gasteiger charge is -2.32. The lowest BCUT2D eigenvalue weighted by Crippen LogP contribution is -2.34. The van der Waals surface area contributed by atoms with Gasteiger partial charge in [0, 0.05) is 30.9 Å². The predicted octanol–water partition coefficient (Wildman–Crippen LogP) is 4.02. The first-order chi connectivity index (χ1) is 16.2. The van der Waals surface area contributed by atoms with Gasteiger partial charge in [0.2, 0.25) is 5.91 Å². The molecule has 1 radical (unpaired) electrons. The number of piperidine rings is 1. The van der Waals surface area contributed by atoms with E-state index in [1.165, 1.54) is 50.5 Å². The van der Waals surface area contributed by atoms with Gasteiger partial charge in [-0.3, -0.25) is 14.5 Å². The van der Waals surface area contributed by atoms with Gasteiger partial charge in [0.05, 0.1) is 5.56 Å². The van der Waals surface area contributed by atoms with Crippen LogP contribution in [0.5, 0.6) is 0 Å². The smallest absolute Gasteiger partial charge is 0.281 e. The summed E-state index contributed by atoms with van der Waals surface area (Å²) in [6, 6.07) is 11.2. The van der Waals surface area contributed by atoms with E-state index in [4.69, 9.17) is 0 Å². The molecular weight excluding hydrogens is 414 g/mol. The summed E-state index contributed by atoms with van der Waals surface area (Å²) in [5.41, 5.74) is 3.43. The molecular formula is C26H28N5O2. The van der Waals surface area contributed by atoms with E-state index >= 15 is 0 Å². The number of nitrogens with one attached hydrogen (secondary N) is 1. The lowest BCUT2D eigenvalue weighted by molar-refractivity contribution is -0.117. The van der Waals surface area contributed by atoms with E-state index in [0.717, 1.165) is 23.7 Å². The summed E-state index contributed by atoms with van der Waals surface area (Å²) in [7, 11) is 0. The van der Waals surface area contributed by atoms with Gasteiger partial charge in [-0.25, -0.2) is 10.3 Å². The van der Waals surface area contributed by atoms with Crippen molar-refractivity contribution in [1.29, 1.82) is 0 Å². The van der Waals surface area contributed by atoms with Crippen molar-refractivity contribution >= 4 is 35.2 Å². The Bertz CT molecular complexity index is 1110. The molecule has 169 valence electrons. The second-order valence-corrected chi connectivity index (χ2v) is 9.48. The third kappa shape index (κ3) is 4.02. The van der Waals surface area contributed by atoms with Gasteiger partial charge in [-0.1, -0.05) is 12.1 Å². The second-order valence-electron chi connectivity index (χ2n) is 9.48. The molecule has 2 saturated heterocycles. The number of hydrogen-bond donors (Lipinski definition) is 1. The monoisotopic (exact) mass is 442 g/mol. The minimum Gasteiger partial charge on any atom is -0.339 e. The van der Waals surface area contributed by atoms with Crippen LogP contribution in [-0.2, 0) is 4.79 Å². The number of pyridine rings is 1. The first kappa shape index (κ1) is 20.4. The standard InChI is InChI=1S/C26H28N5O2/c32-23-2-1-13-31(23)22-16-19-9-12-27-26(33)24(19)25(29-22)28-20-5-3-17(4-6-20)18-10-14-30(15-11-18)21-7-8-21/h3-6,9,12,16,18,21H,1-2,7-8,10-11,13-15H2,(H,28,29). The van der Waals surface area contributed by atoms with Crippen LogP contribution in [0.2, 0.25) is 0 Å². The van der Waals surface area contributed by atoms with Crippen molar-refractivity contribution in [3.63, 3.8) is 0 Å². The topological polar surface area (TPSA) is 79.6 Å². The number of fused-ring (bicyclic) bond motifs is 1. The Morgan fingerprint density at radius 3 is 2.45 bits per heavy atom. The van der Waals surface area contributed by atoms with E-state index in [9.17, 15) is 9.59 Å². The summed E-state index contributed by atoms with van der Waals surface area (Å²) >= 11 is 0. The summed E-state index contributed by atoms with van der Waals surface area (Å²) in [6.45, 7) is 3.05. The predicted molar refractivity (Wildman–Crippen MR) is 128 cm³/mol. The third-order valence-electron chi connectivity index (χ3n) is 7.28. The fourth-order valence-corrected chi connectivity index (χ4v) is 5.29. The fourth-order valence-electron chi connectivity index (χ4n) is 5.29. The summed E-state index contributed by atoms with van der Waals surface area (Å²) in [5, 5.41) is 7.26. The minimum atomic E-state index is -0.319. The average Bonchev–Trinajstić information content (AvgIpc) is 3.60. The Hall–Kier alpha value is -3.19. The number of carbonyl (C=O) groups is 2. The molecule has 7 heteroatoms. The highest BCUT2D eigenvalue weighted by Gasteiger charge is 2.32. The first-order valence-corrected chi connectivity index (χ1v) is 12.0. The molecule has 0 unspecified atom stereocenters. The maximum absolute atomic E-state index is 12.6. The second kappa shape index (κ2) is 8.30. The summed E-state index contributed by atoms with van der Waals surface area (Å²) < 4.78 is 0. The van der Waals surface area contributed by atoms with Crippen LogP contribution in [-0.4, -0.2) is 47.4 Å². The van der Waals surface area contributed by atoms with Gasteiger partial charge in [-0.05, 0) is 86.5 Å². The van der Waals surface area contributed by atoms with Gasteiger partial charge < -0.3 is 10.2 Å². The third-order valence-corrected chi connectivity index (χ3v) is 7.28. The Balaban J connectivity index is 1.23. The summed E-state index contributed by atoms with van der Waals surface area (Å²) in [6.07, 6.45) is 9.85. The van der Waals surface area contributed by atoms with Crippen LogP contribution in [0.15, 0.2) is 36.5 Å². The first-order valence-electron chi connectivity index (χ1n) is 12.0. The van der Waals surface area contributed by atoms with Crippen LogP contribution in [0.3, 0.4) is 0 Å². The quantitative estimate of drug-likeness (QED) is 0.757. The lowest BCUT2D eigenvalue weighted by atomic mass is 9.89. The van der Waals surface area contributed by atoms with Crippen molar-refractivity contribution in [2.75, 3.05) is 29.9 Å². The highest BCUT2D eigenvalue weighted by Crippen LogP contribution is 2.35. The number of likely N-dealkylation sites (tertiary alicyclic amines) is 1. The van der Waals surface area contributed by atoms with Gasteiger partial charge in [-0.15, -0.1) is 0 Å². The van der Waals surface area contributed by atoms with E-state index in [-0.39, 0.29) is 11.8 Å². The van der Waals surface area contributed by atoms with E-state index in [0.29, 0.717) is 36.1 Å². The number of hydrogen-bond acceptors (Lipinski definition) is 5. The Labute approximate surface area is 193 Å². The van der Waals surface area contributed by atoms with Gasteiger partial charge in [0.1, 0.15) is 11.6 Å². The molecule has 6 rings (SSSR count). The maximum atomic E-state index is 12.6. The Morgan fingerprint density at radius 1 is 0.970 bits per heavy atom. The van der Waals surface area contributed by atoms with Crippen molar-refractivity contribution in [2.45, 2.75) is 50.5 Å². The number of nitrogens with zero attached hydrogens (tertiary/aromatic N) is 4. The average molecular weight is 443 g/mol. The normalized spacial score (nSPS) is 21.3. The van der Waals surface area contributed by atoms with Crippen LogP contribution >= 0.6 is 0 Å². The molecule has 0 spiro atoms. The highest BCUT2D eigenvalue weighted by molar-refractivity contribution is 6.06. The van der Waals surface area contributed by atoms with Crippen molar-refractivity contribution < 1.29 is 9.59 Å². The molecule has 1 saturated carbocycles. The maximum Gasteiger partial charge on any atom is 0.281 e. The largest absolute Gasteiger partial charge is 0.339 e. The molecule has 33 heavy (non-hydrogen) atoms. The fraction of sp³-hybridized carbons (Fsp3) is 0.423. The zero-order valence-corrected chi connectivity index (χ0v) is 18.7. The van der Waals surface area contributed by atoms with Crippen LogP contribution < -0.4 is 15.5 Å². The number of aromatic nitrogens is 1. The molecule has 4 aliphatic rings. The van der Waals surface area contributed by atoms with Gasteiger partial charge >= 0.3 is 0 Å². The van der Waals surface area contributed by atoms with Crippen molar-refractivity contribution in [3.8, 4) is 0 Å². The van der Waals surface area contributed by atoms with Crippen molar-refractivity contribution in [1.82, 2.24) is 15.2 Å². The summed E-state index contributed by atoms with van der Waals surface area (Å²) in [4.78, 5) is 33.9. The molecule has 2 amide bonds. The Kier molecular flexibility index (Phi) is 5.14. The number of benzene rings is 1. The van der Waals surface area contributed by atoms with Crippen LogP contribution in [0.25, 0.3) is 6.08 Å². The zero-order chi connectivity index (χ0) is 22.4. The molecule has 2 aromatic rings. The minimum absolute atomic E-state index is 0.0706. The number of anilines is 3. The van der Waals surface area contributed by atoms with Crippen LogP contribution in [0, 0.1) is 0 Å². The molecule has 0 bridgehead atoms. The van der Waals surface area contributed by atoms with Crippen LogP contribution in [0.1, 0.15) is 65.9 Å². The molecule has 7 nitrogen and oxygen atoms in total. The molecule has 1 aliphatic carbocycles. The van der Waals surface area contributed by atoms with Crippen molar-refractivity contribution in [2.24, 2.45) is 0 Å². The van der Waals surface area contributed by atoms with Gasteiger partial charge in [-0.2, -0.15) is 0 Å². The molecule has 4 heterocycles. The Morgan fingerprint density at radius 2 is 1.76 bits per heavy atom. The molecule has 1 aromatic heterocycles. The molecule has 1 N–H and O–H groups in total. The van der Waals surface area contributed by atoms with Crippen LogP contribution in [0.4, 0.5) is 17.3 Å². The number of rotatable bonds is 5. The molecule has 1 aromatic carbocycles. The molecule has 3 aliphatic heterocycles. The van der Waals surface area contributed by atoms with Gasteiger partial charge in [0.15, 0.2) is 0 Å². The molecule has 0 atom stereocenters. The van der Waals surface area contributed by atoms with E-state index in [1.54, 1.807) is 11.0 Å². The molecule has 3 fully saturated rings. The zero-order valence-electron chi connectivity index (χ0n) is 18.7. The van der Waals surface area contributed by atoms with Gasteiger partial charge in [0.25, 0.3) is 5.91 Å². The van der Waals surface area contributed by atoms with E-state index in [1.807, 2.05) is 6.07 Å². The van der Waals surface area contributed by atoms with E-state index < -0.39 is 0 Å². The summed E-state index contributed by atoms with van der Waals surface area (Å²) in [5.74, 6) is 1.39.